The van der Waals surface area contributed by atoms with Gasteiger partial charge in [-0.25, -0.2) is 4.79 Å². The molecule has 1 N–H and O–H groups in total. The predicted octanol–water partition coefficient (Wildman–Crippen LogP) is 0.736. The molecular formula is C20H26N4O3. The number of carbonyl (C=O) groups is 1. The van der Waals surface area contributed by atoms with Crippen LogP contribution in [0.25, 0.3) is 6.08 Å². The molecule has 0 aliphatic carbocycles. The smallest absolute Gasteiger partial charge is 0.330 e. The lowest BCUT2D eigenvalue weighted by molar-refractivity contribution is -0.116. The standard InChI is InChI=1S/C20H26N4O3/c1-22(14-16-8-5-4-6-9-16)13-7-12-21-18(25)11-10-17-15-23(2)20(27)24(3)19(17)26/h4-6,8-11,15H,7,12-14H2,1-3H3,(H,21,25)/b11-10+. The van der Waals surface area contributed by atoms with E-state index in [4.69, 9.17) is 0 Å². The van der Waals surface area contributed by atoms with Crippen LogP contribution in [0.5, 0.6) is 0 Å². The molecule has 2 rings (SSSR count). The zero-order chi connectivity index (χ0) is 19.8. The van der Waals surface area contributed by atoms with Gasteiger partial charge in [0.25, 0.3) is 5.56 Å². The Balaban J connectivity index is 1.77. The van der Waals surface area contributed by atoms with Crippen molar-refractivity contribution >= 4 is 12.0 Å². The number of aryl methyl sites for hydroxylation is 1. The fourth-order valence-electron chi connectivity index (χ4n) is 2.71. The van der Waals surface area contributed by atoms with Gasteiger partial charge in [-0.2, -0.15) is 0 Å². The summed E-state index contributed by atoms with van der Waals surface area (Å²) in [5, 5.41) is 2.80. The molecule has 0 saturated heterocycles. The van der Waals surface area contributed by atoms with E-state index < -0.39 is 11.2 Å². The molecule has 0 fully saturated rings. The van der Waals surface area contributed by atoms with Crippen LogP contribution in [0.1, 0.15) is 17.5 Å². The number of amides is 1. The van der Waals surface area contributed by atoms with Crippen molar-refractivity contribution in [2.24, 2.45) is 14.1 Å². The fourth-order valence-corrected chi connectivity index (χ4v) is 2.71. The fraction of sp³-hybridized carbons (Fsp3) is 0.350. The highest BCUT2D eigenvalue weighted by Gasteiger charge is 2.05. The Bertz CT molecular complexity index is 913. The van der Waals surface area contributed by atoms with E-state index in [1.54, 1.807) is 7.05 Å². The number of nitrogens with zero attached hydrogens (tertiary/aromatic N) is 3. The van der Waals surface area contributed by atoms with E-state index in [1.165, 1.54) is 35.5 Å². The van der Waals surface area contributed by atoms with Crippen molar-refractivity contribution in [3.05, 3.63) is 74.6 Å². The first-order chi connectivity index (χ1) is 12.9. The second-order valence-corrected chi connectivity index (χ2v) is 6.54. The number of benzene rings is 1. The van der Waals surface area contributed by atoms with E-state index in [9.17, 15) is 14.4 Å². The summed E-state index contributed by atoms with van der Waals surface area (Å²) in [6.45, 7) is 2.28. The largest absolute Gasteiger partial charge is 0.353 e. The number of carbonyl (C=O) groups excluding carboxylic acids is 1. The van der Waals surface area contributed by atoms with Crippen molar-refractivity contribution in [3.63, 3.8) is 0 Å². The van der Waals surface area contributed by atoms with Crippen LogP contribution in [-0.2, 0) is 25.4 Å². The van der Waals surface area contributed by atoms with Crippen molar-refractivity contribution in [2.45, 2.75) is 13.0 Å². The van der Waals surface area contributed by atoms with Crippen LogP contribution in [0.15, 0.2) is 52.2 Å². The molecule has 7 nitrogen and oxygen atoms in total. The highest BCUT2D eigenvalue weighted by atomic mass is 16.2. The van der Waals surface area contributed by atoms with E-state index in [2.05, 4.69) is 22.3 Å². The van der Waals surface area contributed by atoms with Gasteiger partial charge in [-0.1, -0.05) is 30.3 Å². The van der Waals surface area contributed by atoms with E-state index in [0.717, 1.165) is 24.1 Å². The van der Waals surface area contributed by atoms with E-state index >= 15 is 0 Å². The maximum atomic E-state index is 12.0. The average Bonchev–Trinajstić information content (AvgIpc) is 2.66. The molecule has 1 aromatic carbocycles. The van der Waals surface area contributed by atoms with Gasteiger partial charge in [0.05, 0.1) is 5.56 Å². The molecule has 0 aliphatic rings. The normalized spacial score (nSPS) is 11.3. The molecule has 0 aliphatic heterocycles. The minimum atomic E-state index is -0.426. The van der Waals surface area contributed by atoms with Gasteiger partial charge in [-0.15, -0.1) is 0 Å². The molecule has 0 atom stereocenters. The van der Waals surface area contributed by atoms with Gasteiger partial charge < -0.3 is 14.8 Å². The summed E-state index contributed by atoms with van der Waals surface area (Å²) in [6.07, 6.45) is 4.99. The van der Waals surface area contributed by atoms with Gasteiger partial charge >= 0.3 is 5.69 Å². The van der Waals surface area contributed by atoms with Crippen molar-refractivity contribution in [1.82, 2.24) is 19.4 Å². The predicted molar refractivity (Wildman–Crippen MR) is 106 cm³/mol. The van der Waals surface area contributed by atoms with Crippen LogP contribution in [0.2, 0.25) is 0 Å². The summed E-state index contributed by atoms with van der Waals surface area (Å²) in [5.74, 6) is -0.267. The molecule has 0 unspecified atom stereocenters. The third-order valence-corrected chi connectivity index (χ3v) is 4.20. The Morgan fingerprint density at radius 2 is 1.89 bits per heavy atom. The second-order valence-electron chi connectivity index (χ2n) is 6.54. The van der Waals surface area contributed by atoms with Crippen molar-refractivity contribution < 1.29 is 4.79 Å². The number of rotatable bonds is 8. The first-order valence-corrected chi connectivity index (χ1v) is 8.83. The number of nitrogens with one attached hydrogen (secondary N) is 1. The SMILES string of the molecule is CN(CCCNC(=O)/C=C/c1cn(C)c(=O)n(C)c1=O)Cc1ccccc1. The van der Waals surface area contributed by atoms with Crippen LogP contribution in [0, 0.1) is 0 Å². The highest BCUT2D eigenvalue weighted by molar-refractivity contribution is 5.91. The summed E-state index contributed by atoms with van der Waals surface area (Å²) in [6, 6.07) is 10.2. The number of hydrogen-bond donors (Lipinski definition) is 1. The summed E-state index contributed by atoms with van der Waals surface area (Å²) < 4.78 is 2.32. The van der Waals surface area contributed by atoms with Gasteiger partial charge in [0.2, 0.25) is 5.91 Å². The summed E-state index contributed by atoms with van der Waals surface area (Å²) >= 11 is 0. The maximum Gasteiger partial charge on any atom is 0.330 e. The van der Waals surface area contributed by atoms with E-state index in [-0.39, 0.29) is 11.5 Å². The molecule has 1 aromatic heterocycles. The Hall–Kier alpha value is -2.93. The zero-order valence-corrected chi connectivity index (χ0v) is 16.0. The average molecular weight is 370 g/mol. The molecule has 0 spiro atoms. The first-order valence-electron chi connectivity index (χ1n) is 8.83. The molecule has 7 heteroatoms. The summed E-state index contributed by atoms with van der Waals surface area (Å²) in [7, 11) is 5.02. The molecule has 144 valence electrons. The van der Waals surface area contributed by atoms with Crippen molar-refractivity contribution in [1.29, 1.82) is 0 Å². The third kappa shape index (κ3) is 6.07. The molecule has 1 amide bonds. The number of hydrogen-bond acceptors (Lipinski definition) is 4. The van der Waals surface area contributed by atoms with Gasteiger partial charge in [0, 0.05) is 39.5 Å². The van der Waals surface area contributed by atoms with Crippen LogP contribution in [0.3, 0.4) is 0 Å². The lowest BCUT2D eigenvalue weighted by atomic mass is 10.2. The van der Waals surface area contributed by atoms with E-state index in [0.29, 0.717) is 6.54 Å². The quantitative estimate of drug-likeness (QED) is 0.549. The Labute approximate surface area is 158 Å². The van der Waals surface area contributed by atoms with Crippen LogP contribution >= 0.6 is 0 Å². The molecule has 0 saturated carbocycles. The molecular weight excluding hydrogens is 344 g/mol. The number of aromatic nitrogens is 2. The van der Waals surface area contributed by atoms with Crippen molar-refractivity contribution in [3.8, 4) is 0 Å². The van der Waals surface area contributed by atoms with E-state index in [1.807, 2.05) is 25.2 Å². The molecule has 2 aromatic rings. The maximum absolute atomic E-state index is 12.0. The monoisotopic (exact) mass is 370 g/mol. The van der Waals surface area contributed by atoms with Crippen LogP contribution in [0.4, 0.5) is 0 Å². The van der Waals surface area contributed by atoms with Crippen LogP contribution in [-0.4, -0.2) is 40.1 Å². The van der Waals surface area contributed by atoms with Gasteiger partial charge in [-0.05, 0) is 31.7 Å². The Kier molecular flexibility index (Phi) is 7.31. The Morgan fingerprint density at radius 3 is 2.59 bits per heavy atom. The van der Waals surface area contributed by atoms with Crippen LogP contribution < -0.4 is 16.6 Å². The second kappa shape index (κ2) is 9.68. The van der Waals surface area contributed by atoms with Crippen molar-refractivity contribution in [2.75, 3.05) is 20.1 Å². The minimum Gasteiger partial charge on any atom is -0.353 e. The lowest BCUT2D eigenvalue weighted by Gasteiger charge is -2.16. The topological polar surface area (TPSA) is 76.3 Å². The minimum absolute atomic E-state index is 0.267. The lowest BCUT2D eigenvalue weighted by Crippen LogP contribution is -2.37. The third-order valence-electron chi connectivity index (χ3n) is 4.20. The molecule has 0 radical (unpaired) electrons. The summed E-state index contributed by atoms with van der Waals surface area (Å²) in [5.41, 5.74) is 0.717. The highest BCUT2D eigenvalue weighted by Crippen LogP contribution is 2.02. The molecule has 27 heavy (non-hydrogen) atoms. The zero-order valence-electron chi connectivity index (χ0n) is 16.0. The van der Waals surface area contributed by atoms with Gasteiger partial charge in [0.1, 0.15) is 0 Å². The first kappa shape index (κ1) is 20.4. The molecule has 1 heterocycles. The summed E-state index contributed by atoms with van der Waals surface area (Å²) in [4.78, 5) is 37.8. The van der Waals surface area contributed by atoms with Gasteiger partial charge in [-0.3, -0.25) is 14.2 Å². The van der Waals surface area contributed by atoms with Gasteiger partial charge in [0.15, 0.2) is 0 Å². The molecule has 0 bridgehead atoms. The Morgan fingerprint density at radius 1 is 1.19 bits per heavy atom.